The van der Waals surface area contributed by atoms with Gasteiger partial charge in [0.2, 0.25) is 0 Å². The zero-order valence-corrected chi connectivity index (χ0v) is 8.71. The average Bonchev–Trinajstić information content (AvgIpc) is 2.19. The molecule has 0 aliphatic carbocycles. The summed E-state index contributed by atoms with van der Waals surface area (Å²) in [6, 6.07) is 8.34. The number of rotatable bonds is 4. The maximum absolute atomic E-state index is 5.10. The molecule has 0 saturated heterocycles. The van der Waals surface area contributed by atoms with Gasteiger partial charge in [-0.2, -0.15) is 0 Å². The van der Waals surface area contributed by atoms with Gasteiger partial charge in [-0.15, -0.1) is 0 Å². The van der Waals surface area contributed by atoms with E-state index in [1.165, 1.54) is 18.4 Å². The maximum Gasteiger partial charge on any atom is 0.118 e. The van der Waals surface area contributed by atoms with Crippen LogP contribution in [-0.2, 0) is 6.42 Å². The molecule has 0 aromatic heterocycles. The summed E-state index contributed by atoms with van der Waals surface area (Å²) >= 11 is 0. The first-order valence-corrected chi connectivity index (χ1v) is 4.89. The third-order valence-electron chi connectivity index (χ3n) is 2.44. The number of hydrogen-bond acceptors (Lipinski definition) is 1. The van der Waals surface area contributed by atoms with E-state index in [-0.39, 0.29) is 0 Å². The van der Waals surface area contributed by atoms with Crippen LogP contribution < -0.4 is 4.74 Å². The van der Waals surface area contributed by atoms with Crippen LogP contribution >= 0.6 is 0 Å². The number of methoxy groups -OCH3 is 1. The Hall–Kier alpha value is -0.980. The highest BCUT2D eigenvalue weighted by molar-refractivity contribution is 5.27. The van der Waals surface area contributed by atoms with Crippen LogP contribution in [0.2, 0.25) is 0 Å². The molecule has 0 amide bonds. The van der Waals surface area contributed by atoms with Gasteiger partial charge in [-0.25, -0.2) is 0 Å². The molecule has 0 spiro atoms. The molecular formula is C12H18O. The van der Waals surface area contributed by atoms with Crippen molar-refractivity contribution < 1.29 is 4.74 Å². The molecule has 1 aromatic carbocycles. The smallest absolute Gasteiger partial charge is 0.118 e. The molecule has 0 saturated carbocycles. The van der Waals surface area contributed by atoms with Crippen molar-refractivity contribution in [2.75, 3.05) is 7.11 Å². The van der Waals surface area contributed by atoms with Gasteiger partial charge in [-0.1, -0.05) is 32.4 Å². The molecule has 0 aliphatic heterocycles. The fourth-order valence-electron chi connectivity index (χ4n) is 1.31. The van der Waals surface area contributed by atoms with E-state index < -0.39 is 0 Å². The second-order valence-corrected chi connectivity index (χ2v) is 3.57. The Morgan fingerprint density at radius 3 is 2.31 bits per heavy atom. The molecule has 0 N–H and O–H groups in total. The molecule has 0 bridgehead atoms. The van der Waals surface area contributed by atoms with E-state index in [1.807, 2.05) is 12.1 Å². The van der Waals surface area contributed by atoms with E-state index in [0.29, 0.717) is 0 Å². The zero-order valence-electron chi connectivity index (χ0n) is 8.71. The minimum atomic E-state index is 0.772. The van der Waals surface area contributed by atoms with Gasteiger partial charge in [0.1, 0.15) is 5.75 Å². The molecule has 0 aliphatic rings. The molecule has 72 valence electrons. The lowest BCUT2D eigenvalue weighted by Crippen LogP contribution is -1.97. The third kappa shape index (κ3) is 3.10. The van der Waals surface area contributed by atoms with Crippen LogP contribution in [0, 0.1) is 5.92 Å². The van der Waals surface area contributed by atoms with Crippen LogP contribution in [0.5, 0.6) is 5.75 Å². The van der Waals surface area contributed by atoms with Crippen LogP contribution in [0.25, 0.3) is 0 Å². The molecule has 0 unspecified atom stereocenters. The quantitative estimate of drug-likeness (QED) is 0.687. The third-order valence-corrected chi connectivity index (χ3v) is 2.44. The first-order valence-electron chi connectivity index (χ1n) is 4.89. The maximum atomic E-state index is 5.10. The van der Waals surface area contributed by atoms with Crippen LogP contribution in [0.1, 0.15) is 25.8 Å². The van der Waals surface area contributed by atoms with Crippen molar-refractivity contribution >= 4 is 0 Å². The molecule has 0 heterocycles. The molecular weight excluding hydrogens is 160 g/mol. The second-order valence-electron chi connectivity index (χ2n) is 3.57. The summed E-state index contributed by atoms with van der Waals surface area (Å²) in [5, 5.41) is 0. The van der Waals surface area contributed by atoms with Crippen molar-refractivity contribution in [2.45, 2.75) is 26.7 Å². The number of benzene rings is 1. The normalized spacial score (nSPS) is 12.5. The van der Waals surface area contributed by atoms with Crippen LogP contribution in [-0.4, -0.2) is 7.11 Å². The van der Waals surface area contributed by atoms with E-state index in [2.05, 4.69) is 26.0 Å². The fourth-order valence-corrected chi connectivity index (χ4v) is 1.31. The molecule has 0 radical (unpaired) electrons. The predicted molar refractivity (Wildman–Crippen MR) is 56.2 cm³/mol. The van der Waals surface area contributed by atoms with Crippen molar-refractivity contribution in [3.63, 3.8) is 0 Å². The molecule has 1 nitrogen and oxygen atoms in total. The Kier molecular flexibility index (Phi) is 3.81. The Labute approximate surface area is 80.7 Å². The predicted octanol–water partition coefficient (Wildman–Crippen LogP) is 3.28. The van der Waals surface area contributed by atoms with Gasteiger partial charge in [-0.05, 0) is 30.0 Å². The Bertz CT molecular complexity index is 238. The molecule has 1 atom stereocenters. The number of ether oxygens (including phenoxy) is 1. The largest absolute Gasteiger partial charge is 0.497 e. The summed E-state index contributed by atoms with van der Waals surface area (Å²) in [5.41, 5.74) is 1.40. The summed E-state index contributed by atoms with van der Waals surface area (Å²) in [5.74, 6) is 1.71. The van der Waals surface area contributed by atoms with Gasteiger partial charge in [0, 0.05) is 0 Å². The van der Waals surface area contributed by atoms with Crippen molar-refractivity contribution in [1.82, 2.24) is 0 Å². The lowest BCUT2D eigenvalue weighted by molar-refractivity contribution is 0.414. The van der Waals surface area contributed by atoms with Gasteiger partial charge in [-0.3, -0.25) is 0 Å². The Balaban J connectivity index is 2.58. The Morgan fingerprint density at radius 1 is 1.23 bits per heavy atom. The minimum Gasteiger partial charge on any atom is -0.497 e. The second kappa shape index (κ2) is 4.90. The van der Waals surface area contributed by atoms with E-state index in [9.17, 15) is 0 Å². The van der Waals surface area contributed by atoms with E-state index in [4.69, 9.17) is 4.74 Å². The SMILES string of the molecule is CC[C@@H](C)Cc1ccc(OC)cc1. The van der Waals surface area contributed by atoms with E-state index >= 15 is 0 Å². The van der Waals surface area contributed by atoms with Crippen molar-refractivity contribution in [3.05, 3.63) is 29.8 Å². The van der Waals surface area contributed by atoms with Gasteiger partial charge >= 0.3 is 0 Å². The van der Waals surface area contributed by atoms with Crippen molar-refractivity contribution in [1.29, 1.82) is 0 Å². The summed E-state index contributed by atoms with van der Waals surface area (Å²) in [4.78, 5) is 0. The zero-order chi connectivity index (χ0) is 9.68. The highest BCUT2D eigenvalue weighted by atomic mass is 16.5. The minimum absolute atomic E-state index is 0.772. The topological polar surface area (TPSA) is 9.23 Å². The van der Waals surface area contributed by atoms with E-state index in [1.54, 1.807) is 7.11 Å². The molecule has 0 fully saturated rings. The first-order chi connectivity index (χ1) is 6.26. The highest BCUT2D eigenvalue weighted by Gasteiger charge is 2.00. The van der Waals surface area contributed by atoms with Gasteiger partial charge in [0.25, 0.3) is 0 Å². The van der Waals surface area contributed by atoms with E-state index in [0.717, 1.165) is 11.7 Å². The fraction of sp³-hybridized carbons (Fsp3) is 0.500. The van der Waals surface area contributed by atoms with Crippen LogP contribution in [0.15, 0.2) is 24.3 Å². The summed E-state index contributed by atoms with van der Waals surface area (Å²) in [7, 11) is 1.70. The average molecular weight is 178 g/mol. The van der Waals surface area contributed by atoms with Crippen molar-refractivity contribution in [3.8, 4) is 5.75 Å². The summed E-state index contributed by atoms with van der Waals surface area (Å²) in [6.07, 6.45) is 2.41. The van der Waals surface area contributed by atoms with Gasteiger partial charge in [0.05, 0.1) is 7.11 Å². The van der Waals surface area contributed by atoms with Crippen LogP contribution in [0.3, 0.4) is 0 Å². The Morgan fingerprint density at radius 2 is 1.85 bits per heavy atom. The summed E-state index contributed by atoms with van der Waals surface area (Å²) in [6.45, 7) is 4.51. The molecule has 1 heteroatoms. The molecule has 1 rings (SSSR count). The van der Waals surface area contributed by atoms with Crippen molar-refractivity contribution in [2.24, 2.45) is 5.92 Å². The lowest BCUT2D eigenvalue weighted by atomic mass is 9.99. The monoisotopic (exact) mass is 178 g/mol. The van der Waals surface area contributed by atoms with Gasteiger partial charge < -0.3 is 4.74 Å². The van der Waals surface area contributed by atoms with Crippen LogP contribution in [0.4, 0.5) is 0 Å². The summed E-state index contributed by atoms with van der Waals surface area (Å²) < 4.78 is 5.10. The number of hydrogen-bond donors (Lipinski definition) is 0. The molecule has 1 aromatic rings. The molecule has 13 heavy (non-hydrogen) atoms. The lowest BCUT2D eigenvalue weighted by Gasteiger charge is -2.08. The highest BCUT2D eigenvalue weighted by Crippen LogP contribution is 2.15. The standard InChI is InChI=1S/C12H18O/c1-4-10(2)9-11-5-7-12(13-3)8-6-11/h5-8,10H,4,9H2,1-3H3/t10-/m1/s1. The first kappa shape index (κ1) is 10.1. The van der Waals surface area contributed by atoms with Gasteiger partial charge in [0.15, 0.2) is 0 Å².